The number of nitrogens with zero attached hydrogens (tertiary/aromatic N) is 2. The average molecular weight is 240 g/mol. The highest BCUT2D eigenvalue weighted by Gasteiger charge is 2.05. The predicted octanol–water partition coefficient (Wildman–Crippen LogP) is 1.80. The highest BCUT2D eigenvalue weighted by atomic mass is 32.1. The summed E-state index contributed by atoms with van der Waals surface area (Å²) >= 11 is 1.74. The van der Waals surface area contributed by atoms with Crippen molar-refractivity contribution in [1.29, 1.82) is 0 Å². The molecule has 3 N–H and O–H groups in total. The molecular formula is C11H20N4S. The Morgan fingerprint density at radius 2 is 2.44 bits per heavy atom. The lowest BCUT2D eigenvalue weighted by Gasteiger charge is -2.19. The van der Waals surface area contributed by atoms with Crippen molar-refractivity contribution < 1.29 is 0 Å². The van der Waals surface area contributed by atoms with Crippen LogP contribution < -0.4 is 11.3 Å². The van der Waals surface area contributed by atoms with Gasteiger partial charge in [0.1, 0.15) is 0 Å². The Labute approximate surface area is 101 Å². The Morgan fingerprint density at radius 1 is 1.62 bits per heavy atom. The van der Waals surface area contributed by atoms with Crippen LogP contribution in [-0.2, 0) is 6.54 Å². The smallest absolute Gasteiger partial charge is 0.208 e. The number of hydrogen-bond acceptors (Lipinski definition) is 3. The molecule has 1 rings (SSSR count). The first-order valence-electron chi connectivity index (χ1n) is 5.52. The largest absolute Gasteiger partial charge is 0.340 e. The molecule has 1 aromatic rings. The summed E-state index contributed by atoms with van der Waals surface area (Å²) in [6.45, 7) is 3.82. The highest BCUT2D eigenvalue weighted by Crippen LogP contribution is 2.10. The molecule has 4 nitrogen and oxygen atoms in total. The number of thiophene rings is 1. The minimum Gasteiger partial charge on any atom is -0.340 e. The van der Waals surface area contributed by atoms with E-state index in [4.69, 9.17) is 5.84 Å². The number of unbranched alkanes of at least 4 members (excludes halogenated alkanes) is 1. The quantitative estimate of drug-likeness (QED) is 0.271. The van der Waals surface area contributed by atoms with E-state index >= 15 is 0 Å². The van der Waals surface area contributed by atoms with Gasteiger partial charge in [0.15, 0.2) is 0 Å². The summed E-state index contributed by atoms with van der Waals surface area (Å²) < 4.78 is 0. The van der Waals surface area contributed by atoms with E-state index in [0.29, 0.717) is 0 Å². The Bertz CT molecular complexity index is 308. The maximum Gasteiger partial charge on any atom is 0.208 e. The fraction of sp³-hybridized carbons (Fsp3) is 0.545. The Balaban J connectivity index is 2.48. The first-order valence-corrected chi connectivity index (χ1v) is 6.40. The molecule has 16 heavy (non-hydrogen) atoms. The number of nitrogens with one attached hydrogen (secondary N) is 1. The summed E-state index contributed by atoms with van der Waals surface area (Å²) in [7, 11) is 1.99. The fourth-order valence-corrected chi connectivity index (χ4v) is 2.09. The van der Waals surface area contributed by atoms with Crippen molar-refractivity contribution in [3.05, 3.63) is 22.4 Å². The van der Waals surface area contributed by atoms with Gasteiger partial charge in [0, 0.05) is 18.5 Å². The summed E-state index contributed by atoms with van der Waals surface area (Å²) in [4.78, 5) is 7.76. The van der Waals surface area contributed by atoms with Crippen molar-refractivity contribution >= 4 is 17.3 Å². The highest BCUT2D eigenvalue weighted by molar-refractivity contribution is 7.09. The van der Waals surface area contributed by atoms with Crippen LogP contribution in [0.4, 0.5) is 0 Å². The molecule has 90 valence electrons. The second-order valence-corrected chi connectivity index (χ2v) is 4.67. The van der Waals surface area contributed by atoms with Gasteiger partial charge in [0.2, 0.25) is 5.96 Å². The zero-order chi connectivity index (χ0) is 11.8. The number of aliphatic imine (C=N–C) groups is 1. The molecule has 0 aliphatic rings. The molecule has 0 aliphatic carbocycles. The molecular weight excluding hydrogens is 220 g/mol. The van der Waals surface area contributed by atoms with Crippen molar-refractivity contribution in [1.82, 2.24) is 10.3 Å². The minimum atomic E-state index is 0.752. The molecule has 0 fully saturated rings. The maximum atomic E-state index is 5.47. The van der Waals surface area contributed by atoms with E-state index < -0.39 is 0 Å². The van der Waals surface area contributed by atoms with Gasteiger partial charge in [-0.2, -0.15) is 0 Å². The fourth-order valence-electron chi connectivity index (χ4n) is 1.33. The average Bonchev–Trinajstić information content (AvgIpc) is 2.77. The van der Waals surface area contributed by atoms with Crippen LogP contribution in [-0.4, -0.2) is 24.5 Å². The van der Waals surface area contributed by atoms with Gasteiger partial charge in [-0.05, 0) is 17.9 Å². The van der Waals surface area contributed by atoms with Crippen molar-refractivity contribution in [3.63, 3.8) is 0 Å². The molecule has 0 saturated heterocycles. The number of guanidine groups is 1. The van der Waals surface area contributed by atoms with Gasteiger partial charge in [-0.3, -0.25) is 10.4 Å². The Kier molecular flexibility index (Phi) is 5.88. The molecule has 0 aliphatic heterocycles. The van der Waals surface area contributed by atoms with Gasteiger partial charge in [-0.25, -0.2) is 5.84 Å². The van der Waals surface area contributed by atoms with E-state index in [2.05, 4.69) is 34.9 Å². The van der Waals surface area contributed by atoms with E-state index in [-0.39, 0.29) is 0 Å². The first-order chi connectivity index (χ1) is 7.77. The van der Waals surface area contributed by atoms with Crippen LogP contribution in [0.1, 0.15) is 24.6 Å². The van der Waals surface area contributed by atoms with Crippen LogP contribution in [0.3, 0.4) is 0 Å². The van der Waals surface area contributed by atoms with Crippen molar-refractivity contribution in [2.75, 3.05) is 13.6 Å². The van der Waals surface area contributed by atoms with Crippen LogP contribution in [0, 0.1) is 0 Å². The van der Waals surface area contributed by atoms with E-state index in [0.717, 1.165) is 31.9 Å². The summed E-state index contributed by atoms with van der Waals surface area (Å²) in [6.07, 6.45) is 2.24. The Morgan fingerprint density at radius 3 is 3.00 bits per heavy atom. The van der Waals surface area contributed by atoms with Crippen LogP contribution in [0.2, 0.25) is 0 Å². The second kappa shape index (κ2) is 7.24. The molecule has 5 heteroatoms. The molecule has 1 heterocycles. The van der Waals surface area contributed by atoms with Crippen LogP contribution >= 0.6 is 11.3 Å². The molecule has 0 amide bonds. The molecule has 0 radical (unpaired) electrons. The lowest BCUT2D eigenvalue weighted by molar-refractivity contribution is 0.481. The van der Waals surface area contributed by atoms with Crippen LogP contribution in [0.5, 0.6) is 0 Å². The monoisotopic (exact) mass is 240 g/mol. The van der Waals surface area contributed by atoms with Crippen LogP contribution in [0.25, 0.3) is 0 Å². The second-order valence-electron chi connectivity index (χ2n) is 3.64. The van der Waals surface area contributed by atoms with E-state index in [9.17, 15) is 0 Å². The molecule has 0 bridgehead atoms. The lowest BCUT2D eigenvalue weighted by atomic mass is 10.3. The minimum absolute atomic E-state index is 0.752. The molecule has 0 aromatic carbocycles. The number of hydrazine groups is 1. The van der Waals surface area contributed by atoms with E-state index in [1.807, 2.05) is 11.9 Å². The molecule has 0 spiro atoms. The zero-order valence-electron chi connectivity index (χ0n) is 9.94. The lowest BCUT2D eigenvalue weighted by Crippen LogP contribution is -2.42. The Hall–Kier alpha value is -1.07. The summed E-state index contributed by atoms with van der Waals surface area (Å²) in [5.74, 6) is 6.22. The van der Waals surface area contributed by atoms with Gasteiger partial charge in [-0.1, -0.05) is 19.4 Å². The van der Waals surface area contributed by atoms with E-state index in [1.165, 1.54) is 4.88 Å². The topological polar surface area (TPSA) is 53.6 Å². The molecule has 1 aromatic heterocycles. The third kappa shape index (κ3) is 4.20. The van der Waals surface area contributed by atoms with Crippen LogP contribution in [0.15, 0.2) is 22.5 Å². The van der Waals surface area contributed by atoms with Gasteiger partial charge >= 0.3 is 0 Å². The predicted molar refractivity (Wildman–Crippen MR) is 70.3 cm³/mol. The van der Waals surface area contributed by atoms with Gasteiger partial charge in [0.25, 0.3) is 0 Å². The third-order valence-electron chi connectivity index (χ3n) is 2.24. The molecule has 0 saturated carbocycles. The van der Waals surface area contributed by atoms with Crippen molar-refractivity contribution in [2.45, 2.75) is 26.3 Å². The standard InChI is InChI=1S/C11H20N4S/c1-3-4-7-13-11(14-12)15(2)9-10-6-5-8-16-10/h5-6,8H,3-4,7,9,12H2,1-2H3,(H,13,14). The van der Waals surface area contributed by atoms with Gasteiger partial charge in [0.05, 0.1) is 6.54 Å². The van der Waals surface area contributed by atoms with Crippen molar-refractivity contribution in [3.8, 4) is 0 Å². The number of rotatable bonds is 5. The SMILES string of the molecule is CCCCN=C(NN)N(C)Cc1cccs1. The van der Waals surface area contributed by atoms with Crippen molar-refractivity contribution in [2.24, 2.45) is 10.8 Å². The zero-order valence-corrected chi connectivity index (χ0v) is 10.8. The number of hydrogen-bond donors (Lipinski definition) is 2. The number of nitrogens with two attached hydrogens (primary N) is 1. The summed E-state index contributed by atoms with van der Waals surface area (Å²) in [6, 6.07) is 4.17. The molecule has 0 unspecified atom stereocenters. The third-order valence-corrected chi connectivity index (χ3v) is 3.10. The molecule has 0 atom stereocenters. The normalized spacial score (nSPS) is 11.6. The van der Waals surface area contributed by atoms with Gasteiger partial charge < -0.3 is 4.90 Å². The van der Waals surface area contributed by atoms with E-state index in [1.54, 1.807) is 11.3 Å². The summed E-state index contributed by atoms with van der Waals surface area (Å²) in [5, 5.41) is 2.08. The van der Waals surface area contributed by atoms with Gasteiger partial charge in [-0.15, -0.1) is 11.3 Å². The first kappa shape index (κ1) is 13.0. The maximum absolute atomic E-state index is 5.47. The summed E-state index contributed by atoms with van der Waals surface area (Å²) in [5.41, 5.74) is 2.65.